The minimum atomic E-state index is 0.862. The molecule has 0 bridgehead atoms. The van der Waals surface area contributed by atoms with Crippen LogP contribution in [0.5, 0.6) is 0 Å². The van der Waals surface area contributed by atoms with Crippen molar-refractivity contribution in [2.24, 2.45) is 0 Å². The van der Waals surface area contributed by atoms with Crippen molar-refractivity contribution in [2.45, 2.75) is 0 Å². The standard InChI is InChI=1S/C52H30O2/c1-2-8-32-23-34(14-13-31(32)7-1)37-19-21-49-45(26-37)47-29-52-48(30-51(47)53-49)46-27-38(20-22-50(46)54-52)35-15-16-36-25-40(18-17-33(36)24-35)44-28-39-9-3-4-10-41(39)42-11-5-6-12-43(42)44/h1-30H. The molecule has 0 saturated heterocycles. The van der Waals surface area contributed by atoms with Crippen LogP contribution in [0.4, 0.5) is 0 Å². The SMILES string of the molecule is c1ccc2cc(-c3ccc4oc5cc6c(cc5c4c3)oc3ccc(-c4ccc5cc(-c7cc8ccccc8c8ccccc78)ccc5c4)cc36)ccc2c1. The fraction of sp³-hybridized carbons (Fsp3) is 0. The van der Waals surface area contributed by atoms with Gasteiger partial charge in [0.15, 0.2) is 0 Å². The molecule has 2 heteroatoms. The van der Waals surface area contributed by atoms with Crippen LogP contribution in [0, 0.1) is 0 Å². The van der Waals surface area contributed by atoms with Crippen molar-refractivity contribution < 1.29 is 8.83 Å². The van der Waals surface area contributed by atoms with Crippen LogP contribution < -0.4 is 0 Å². The van der Waals surface area contributed by atoms with Gasteiger partial charge in [-0.15, -0.1) is 0 Å². The molecule has 0 aliphatic carbocycles. The maximum atomic E-state index is 6.47. The zero-order valence-electron chi connectivity index (χ0n) is 29.1. The van der Waals surface area contributed by atoms with Crippen molar-refractivity contribution in [2.75, 3.05) is 0 Å². The Morgan fingerprint density at radius 1 is 0.222 bits per heavy atom. The predicted molar refractivity (Wildman–Crippen MR) is 227 cm³/mol. The summed E-state index contributed by atoms with van der Waals surface area (Å²) in [5.41, 5.74) is 10.6. The summed E-state index contributed by atoms with van der Waals surface area (Å²) < 4.78 is 12.9. The molecular weight excluding hydrogens is 657 g/mol. The highest BCUT2D eigenvalue weighted by molar-refractivity contribution is 6.16. The van der Waals surface area contributed by atoms with E-state index in [0.717, 1.165) is 49.4 Å². The minimum absolute atomic E-state index is 0.862. The number of hydrogen-bond acceptors (Lipinski definition) is 2. The molecule has 2 heterocycles. The van der Waals surface area contributed by atoms with E-state index in [1.54, 1.807) is 0 Å². The van der Waals surface area contributed by atoms with Crippen LogP contribution in [-0.4, -0.2) is 0 Å². The van der Waals surface area contributed by atoms with Gasteiger partial charge in [0.05, 0.1) is 0 Å². The molecular formula is C52H30O2. The molecule has 12 rings (SSSR count). The van der Waals surface area contributed by atoms with Crippen LogP contribution in [0.3, 0.4) is 0 Å². The number of rotatable bonds is 3. The molecule has 0 aliphatic rings. The Hall–Kier alpha value is -7.16. The molecule has 0 saturated carbocycles. The summed E-state index contributed by atoms with van der Waals surface area (Å²) in [5.74, 6) is 0. The largest absolute Gasteiger partial charge is 0.456 e. The lowest BCUT2D eigenvalue weighted by molar-refractivity contribution is 0.664. The first-order valence-electron chi connectivity index (χ1n) is 18.5. The summed E-state index contributed by atoms with van der Waals surface area (Å²) in [6, 6.07) is 65.8. The second-order valence-electron chi connectivity index (χ2n) is 14.5. The topological polar surface area (TPSA) is 26.3 Å². The summed E-state index contributed by atoms with van der Waals surface area (Å²) >= 11 is 0. The highest BCUT2D eigenvalue weighted by Gasteiger charge is 2.16. The zero-order valence-corrected chi connectivity index (χ0v) is 29.1. The second-order valence-corrected chi connectivity index (χ2v) is 14.5. The van der Waals surface area contributed by atoms with E-state index in [1.165, 1.54) is 70.9 Å². The quantitative estimate of drug-likeness (QED) is 0.173. The predicted octanol–water partition coefficient (Wildman–Crippen LogP) is 15.1. The van der Waals surface area contributed by atoms with Crippen molar-refractivity contribution in [3.05, 3.63) is 182 Å². The summed E-state index contributed by atoms with van der Waals surface area (Å²) in [5, 5.41) is 14.3. The summed E-state index contributed by atoms with van der Waals surface area (Å²) in [7, 11) is 0. The molecule has 12 aromatic rings. The van der Waals surface area contributed by atoms with Gasteiger partial charge in [0.1, 0.15) is 22.3 Å². The number of fused-ring (bicyclic) bond motifs is 11. The summed E-state index contributed by atoms with van der Waals surface area (Å²) in [4.78, 5) is 0. The van der Waals surface area contributed by atoms with Gasteiger partial charge in [-0.25, -0.2) is 0 Å². The van der Waals surface area contributed by atoms with Gasteiger partial charge in [0.2, 0.25) is 0 Å². The van der Waals surface area contributed by atoms with Crippen LogP contribution >= 0.6 is 0 Å². The van der Waals surface area contributed by atoms with E-state index in [9.17, 15) is 0 Å². The van der Waals surface area contributed by atoms with Gasteiger partial charge in [-0.2, -0.15) is 0 Å². The lowest BCUT2D eigenvalue weighted by Gasteiger charge is -2.12. The molecule has 250 valence electrons. The van der Waals surface area contributed by atoms with Crippen molar-refractivity contribution in [3.8, 4) is 33.4 Å². The van der Waals surface area contributed by atoms with Crippen molar-refractivity contribution in [1.82, 2.24) is 0 Å². The van der Waals surface area contributed by atoms with E-state index in [0.29, 0.717) is 0 Å². The fourth-order valence-corrected chi connectivity index (χ4v) is 8.66. The average molecular weight is 687 g/mol. The normalized spacial score (nSPS) is 12.1. The number of benzene rings is 10. The molecule has 10 aromatic carbocycles. The third kappa shape index (κ3) is 4.47. The van der Waals surface area contributed by atoms with Crippen LogP contribution in [0.15, 0.2) is 191 Å². The molecule has 0 atom stereocenters. The Balaban J connectivity index is 0.926. The van der Waals surface area contributed by atoms with E-state index in [4.69, 9.17) is 8.83 Å². The Morgan fingerprint density at radius 2 is 0.648 bits per heavy atom. The second kappa shape index (κ2) is 11.2. The molecule has 0 spiro atoms. The number of furan rings is 2. The molecule has 54 heavy (non-hydrogen) atoms. The zero-order chi connectivity index (χ0) is 35.3. The smallest absolute Gasteiger partial charge is 0.136 e. The monoisotopic (exact) mass is 686 g/mol. The molecule has 2 nitrogen and oxygen atoms in total. The first-order chi connectivity index (χ1) is 26.7. The first kappa shape index (κ1) is 29.4. The molecule has 0 unspecified atom stereocenters. The Morgan fingerprint density at radius 3 is 1.30 bits per heavy atom. The maximum Gasteiger partial charge on any atom is 0.136 e. The highest BCUT2D eigenvalue weighted by atomic mass is 16.3. The Kier molecular flexibility index (Phi) is 6.09. The van der Waals surface area contributed by atoms with Crippen LogP contribution in [0.25, 0.3) is 120 Å². The Bertz CT molecular complexity index is 3510. The van der Waals surface area contributed by atoms with Crippen molar-refractivity contribution >= 4 is 87.0 Å². The van der Waals surface area contributed by atoms with Gasteiger partial charge < -0.3 is 8.83 Å². The Labute approximate surface area is 310 Å². The van der Waals surface area contributed by atoms with Gasteiger partial charge in [0, 0.05) is 21.5 Å². The third-order valence-corrected chi connectivity index (χ3v) is 11.4. The third-order valence-electron chi connectivity index (χ3n) is 11.4. The number of hydrogen-bond donors (Lipinski definition) is 0. The van der Waals surface area contributed by atoms with Crippen LogP contribution in [0.1, 0.15) is 0 Å². The molecule has 0 fully saturated rings. The van der Waals surface area contributed by atoms with Crippen LogP contribution in [-0.2, 0) is 0 Å². The van der Waals surface area contributed by atoms with Crippen molar-refractivity contribution in [3.63, 3.8) is 0 Å². The van der Waals surface area contributed by atoms with E-state index >= 15 is 0 Å². The van der Waals surface area contributed by atoms with Crippen molar-refractivity contribution in [1.29, 1.82) is 0 Å². The maximum absolute atomic E-state index is 6.47. The van der Waals surface area contributed by atoms with Crippen LogP contribution in [0.2, 0.25) is 0 Å². The van der Waals surface area contributed by atoms with E-state index < -0.39 is 0 Å². The lowest BCUT2D eigenvalue weighted by atomic mass is 9.92. The molecule has 2 aromatic heterocycles. The first-order valence-corrected chi connectivity index (χ1v) is 18.5. The summed E-state index contributed by atoms with van der Waals surface area (Å²) in [6.45, 7) is 0. The molecule has 0 radical (unpaired) electrons. The molecule has 0 N–H and O–H groups in total. The summed E-state index contributed by atoms with van der Waals surface area (Å²) in [6.07, 6.45) is 0. The van der Waals surface area contributed by atoms with Gasteiger partial charge in [-0.1, -0.05) is 121 Å². The molecule has 0 amide bonds. The van der Waals surface area contributed by atoms with E-state index in [1.807, 2.05) is 0 Å². The van der Waals surface area contributed by atoms with Gasteiger partial charge in [0.25, 0.3) is 0 Å². The lowest BCUT2D eigenvalue weighted by Crippen LogP contribution is -1.85. The van der Waals surface area contributed by atoms with E-state index in [2.05, 4.69) is 182 Å². The van der Waals surface area contributed by atoms with Gasteiger partial charge in [-0.05, 0) is 137 Å². The van der Waals surface area contributed by atoms with E-state index in [-0.39, 0.29) is 0 Å². The van der Waals surface area contributed by atoms with Gasteiger partial charge >= 0.3 is 0 Å². The highest BCUT2D eigenvalue weighted by Crippen LogP contribution is 2.41. The average Bonchev–Trinajstić information content (AvgIpc) is 3.78. The fourth-order valence-electron chi connectivity index (χ4n) is 8.66. The minimum Gasteiger partial charge on any atom is -0.456 e. The van der Waals surface area contributed by atoms with Gasteiger partial charge in [-0.3, -0.25) is 0 Å². The molecule has 0 aliphatic heterocycles.